The number of nitrogens with zero attached hydrogens (tertiary/aromatic N) is 2. The van der Waals surface area contributed by atoms with E-state index in [-0.39, 0.29) is 17.4 Å². The van der Waals surface area contributed by atoms with Crippen molar-refractivity contribution in [2.24, 2.45) is 0 Å². The molecule has 0 aliphatic carbocycles. The number of methoxy groups -OCH3 is 1. The zero-order chi connectivity index (χ0) is 20.1. The quantitative estimate of drug-likeness (QED) is 0.487. The van der Waals surface area contributed by atoms with E-state index in [1.54, 1.807) is 24.3 Å². The molecule has 3 rings (SSSR count). The molecule has 2 aromatic carbocycles. The Hall–Kier alpha value is -3.81. The van der Waals surface area contributed by atoms with Crippen molar-refractivity contribution < 1.29 is 9.53 Å². The summed E-state index contributed by atoms with van der Waals surface area (Å²) in [6.45, 7) is 4.03. The number of nitrogen functional groups attached to an aromatic ring is 1. The van der Waals surface area contributed by atoms with Gasteiger partial charge in [0.25, 0.3) is 5.91 Å². The van der Waals surface area contributed by atoms with Gasteiger partial charge in [0.15, 0.2) is 11.6 Å². The standard InChI is InChI=1S/C20H22N6O2/c1-12-8-13(2)10-14(9-12)24-18-17(21)19(23-11-22-18)25-26-20(27)15-6-4-5-7-16(15)28-3/h4-11H,21H2,1-3H3,(H,26,27)(H2,22,23,24,25). The van der Waals surface area contributed by atoms with E-state index in [1.165, 1.54) is 13.4 Å². The van der Waals surface area contributed by atoms with Gasteiger partial charge in [-0.25, -0.2) is 9.97 Å². The molecule has 0 saturated carbocycles. The molecule has 1 heterocycles. The number of rotatable bonds is 6. The first kappa shape index (κ1) is 19.0. The Labute approximate surface area is 163 Å². The van der Waals surface area contributed by atoms with Crippen molar-refractivity contribution in [3.63, 3.8) is 0 Å². The Kier molecular flexibility index (Phi) is 5.59. The third-order valence-electron chi connectivity index (χ3n) is 4.01. The van der Waals surface area contributed by atoms with Crippen LogP contribution in [0.5, 0.6) is 5.75 Å². The van der Waals surface area contributed by atoms with Gasteiger partial charge in [-0.2, -0.15) is 0 Å². The molecule has 0 atom stereocenters. The monoisotopic (exact) mass is 378 g/mol. The Morgan fingerprint density at radius 2 is 1.71 bits per heavy atom. The van der Waals surface area contributed by atoms with Crippen molar-refractivity contribution in [1.29, 1.82) is 0 Å². The molecule has 0 spiro atoms. The summed E-state index contributed by atoms with van der Waals surface area (Å²) in [5.74, 6) is 0.813. The van der Waals surface area contributed by atoms with E-state index in [4.69, 9.17) is 10.5 Å². The molecule has 0 saturated heterocycles. The molecular weight excluding hydrogens is 356 g/mol. The first-order valence-electron chi connectivity index (χ1n) is 8.63. The zero-order valence-electron chi connectivity index (χ0n) is 15.9. The fourth-order valence-corrected chi connectivity index (χ4v) is 2.79. The molecule has 28 heavy (non-hydrogen) atoms. The second-order valence-corrected chi connectivity index (χ2v) is 6.27. The normalized spacial score (nSPS) is 10.2. The maximum Gasteiger partial charge on any atom is 0.273 e. The number of nitrogens with one attached hydrogen (secondary N) is 3. The topological polar surface area (TPSA) is 114 Å². The van der Waals surface area contributed by atoms with Gasteiger partial charge in [0.1, 0.15) is 17.8 Å². The lowest BCUT2D eigenvalue weighted by molar-refractivity contribution is 0.0959. The average Bonchev–Trinajstić information content (AvgIpc) is 2.67. The molecule has 0 aliphatic heterocycles. The maximum absolute atomic E-state index is 12.4. The smallest absolute Gasteiger partial charge is 0.273 e. The summed E-state index contributed by atoms with van der Waals surface area (Å²) < 4.78 is 5.20. The zero-order valence-corrected chi connectivity index (χ0v) is 15.9. The molecule has 0 aliphatic rings. The van der Waals surface area contributed by atoms with Gasteiger partial charge < -0.3 is 15.8 Å². The number of benzene rings is 2. The first-order chi connectivity index (χ1) is 13.5. The number of hydrogen-bond donors (Lipinski definition) is 4. The van der Waals surface area contributed by atoms with Crippen molar-refractivity contribution in [2.45, 2.75) is 13.8 Å². The minimum atomic E-state index is -0.376. The molecule has 8 nitrogen and oxygen atoms in total. The van der Waals surface area contributed by atoms with Crippen molar-refractivity contribution in [1.82, 2.24) is 15.4 Å². The number of carbonyl (C=O) groups excluding carboxylic acids is 1. The minimum Gasteiger partial charge on any atom is -0.496 e. The molecule has 3 aromatic rings. The number of aryl methyl sites for hydroxylation is 2. The molecule has 1 aromatic heterocycles. The van der Waals surface area contributed by atoms with Crippen molar-refractivity contribution >= 4 is 28.9 Å². The molecule has 0 fully saturated rings. The van der Waals surface area contributed by atoms with Gasteiger partial charge in [-0.05, 0) is 49.2 Å². The first-order valence-corrected chi connectivity index (χ1v) is 8.63. The largest absolute Gasteiger partial charge is 0.496 e. The van der Waals surface area contributed by atoms with Gasteiger partial charge in [-0.15, -0.1) is 0 Å². The summed E-state index contributed by atoms with van der Waals surface area (Å²) in [6, 6.07) is 13.0. The Morgan fingerprint density at radius 1 is 1.04 bits per heavy atom. The molecule has 8 heteroatoms. The highest BCUT2D eigenvalue weighted by atomic mass is 16.5. The third kappa shape index (κ3) is 4.29. The van der Waals surface area contributed by atoms with Crippen LogP contribution in [0.1, 0.15) is 21.5 Å². The molecule has 0 bridgehead atoms. The molecule has 144 valence electrons. The van der Waals surface area contributed by atoms with Gasteiger partial charge in [0.05, 0.1) is 12.7 Å². The van der Waals surface area contributed by atoms with E-state index in [9.17, 15) is 4.79 Å². The number of anilines is 4. The fourth-order valence-electron chi connectivity index (χ4n) is 2.79. The van der Waals surface area contributed by atoms with Crippen LogP contribution in [0.4, 0.5) is 23.0 Å². The van der Waals surface area contributed by atoms with E-state index < -0.39 is 0 Å². The van der Waals surface area contributed by atoms with Gasteiger partial charge in [0, 0.05) is 5.69 Å². The summed E-state index contributed by atoms with van der Waals surface area (Å²) in [7, 11) is 1.51. The summed E-state index contributed by atoms with van der Waals surface area (Å²) >= 11 is 0. The molecule has 0 unspecified atom stereocenters. The maximum atomic E-state index is 12.4. The third-order valence-corrected chi connectivity index (χ3v) is 4.01. The van der Waals surface area contributed by atoms with Crippen LogP contribution in [0.25, 0.3) is 0 Å². The Morgan fingerprint density at radius 3 is 2.43 bits per heavy atom. The predicted molar refractivity (Wildman–Crippen MR) is 110 cm³/mol. The van der Waals surface area contributed by atoms with Gasteiger partial charge in [-0.1, -0.05) is 18.2 Å². The van der Waals surface area contributed by atoms with E-state index >= 15 is 0 Å². The number of hydrogen-bond acceptors (Lipinski definition) is 7. The molecule has 5 N–H and O–H groups in total. The number of para-hydroxylation sites is 1. The van der Waals surface area contributed by atoms with Gasteiger partial charge >= 0.3 is 0 Å². The van der Waals surface area contributed by atoms with Crippen LogP contribution in [0.2, 0.25) is 0 Å². The highest BCUT2D eigenvalue weighted by Gasteiger charge is 2.13. The van der Waals surface area contributed by atoms with Crippen molar-refractivity contribution in [2.75, 3.05) is 23.6 Å². The predicted octanol–water partition coefficient (Wildman–Crippen LogP) is 3.18. The Balaban J connectivity index is 1.75. The summed E-state index contributed by atoms with van der Waals surface area (Å²) in [6.07, 6.45) is 1.36. The average molecular weight is 378 g/mol. The highest BCUT2D eigenvalue weighted by molar-refractivity contribution is 5.97. The molecular formula is C20H22N6O2. The van der Waals surface area contributed by atoms with Crippen LogP contribution >= 0.6 is 0 Å². The Bertz CT molecular complexity index is 985. The van der Waals surface area contributed by atoms with Crippen LogP contribution in [0.3, 0.4) is 0 Å². The van der Waals surface area contributed by atoms with Crippen LogP contribution in [0.15, 0.2) is 48.8 Å². The highest BCUT2D eigenvalue weighted by Crippen LogP contribution is 2.26. The minimum absolute atomic E-state index is 0.280. The lowest BCUT2D eigenvalue weighted by Gasteiger charge is -2.14. The number of carbonyl (C=O) groups is 1. The second-order valence-electron chi connectivity index (χ2n) is 6.27. The SMILES string of the molecule is COc1ccccc1C(=O)NNc1ncnc(Nc2cc(C)cc(C)c2)c1N. The lowest BCUT2D eigenvalue weighted by Crippen LogP contribution is -2.30. The number of amides is 1. The van der Waals surface area contributed by atoms with Gasteiger partial charge in [-0.3, -0.25) is 15.6 Å². The summed E-state index contributed by atoms with van der Waals surface area (Å²) in [4.78, 5) is 20.7. The van der Waals surface area contributed by atoms with Crippen LogP contribution in [0, 0.1) is 13.8 Å². The molecule has 0 radical (unpaired) electrons. The van der Waals surface area contributed by atoms with Crippen molar-refractivity contribution in [3.8, 4) is 5.75 Å². The number of hydrazine groups is 1. The van der Waals surface area contributed by atoms with Crippen LogP contribution in [-0.2, 0) is 0 Å². The van der Waals surface area contributed by atoms with E-state index in [0.717, 1.165) is 16.8 Å². The number of aromatic nitrogens is 2. The van der Waals surface area contributed by atoms with Crippen LogP contribution < -0.4 is 26.6 Å². The van der Waals surface area contributed by atoms with E-state index in [2.05, 4.69) is 32.2 Å². The van der Waals surface area contributed by atoms with E-state index in [1.807, 2.05) is 26.0 Å². The number of nitrogens with two attached hydrogens (primary N) is 1. The number of ether oxygens (including phenoxy) is 1. The second kappa shape index (κ2) is 8.26. The summed E-state index contributed by atoms with van der Waals surface area (Å²) in [5.41, 5.74) is 15.3. The fraction of sp³-hybridized carbons (Fsp3) is 0.150. The molecule has 1 amide bonds. The summed E-state index contributed by atoms with van der Waals surface area (Å²) in [5, 5.41) is 3.18. The van der Waals surface area contributed by atoms with Crippen LogP contribution in [-0.4, -0.2) is 23.0 Å². The lowest BCUT2D eigenvalue weighted by atomic mass is 10.1. The van der Waals surface area contributed by atoms with Crippen molar-refractivity contribution in [3.05, 3.63) is 65.5 Å². The van der Waals surface area contributed by atoms with E-state index in [0.29, 0.717) is 17.1 Å². The van der Waals surface area contributed by atoms with Gasteiger partial charge in [0.2, 0.25) is 0 Å².